The number of hydrogen-bond donors (Lipinski definition) is 2. The van der Waals surface area contributed by atoms with E-state index in [-0.39, 0.29) is 34.4 Å². The Bertz CT molecular complexity index is 566. The lowest BCUT2D eigenvalue weighted by atomic mass is 9.70. The van der Waals surface area contributed by atoms with E-state index in [1.165, 1.54) is 19.3 Å². The fourth-order valence-electron chi connectivity index (χ4n) is 3.85. The molecule has 1 saturated carbocycles. The van der Waals surface area contributed by atoms with E-state index in [2.05, 4.69) is 29.7 Å². The second-order valence-corrected chi connectivity index (χ2v) is 10.1. The second kappa shape index (κ2) is 6.86. The highest BCUT2D eigenvalue weighted by Gasteiger charge is 2.46. The van der Waals surface area contributed by atoms with Crippen molar-refractivity contribution in [2.45, 2.75) is 63.9 Å². The van der Waals surface area contributed by atoms with Crippen molar-refractivity contribution in [3.05, 3.63) is 12.2 Å². The summed E-state index contributed by atoms with van der Waals surface area (Å²) in [6, 6.07) is -0.210. The molecule has 0 aromatic carbocycles. The summed E-state index contributed by atoms with van der Waals surface area (Å²) in [6.45, 7) is 8.50. The van der Waals surface area contributed by atoms with Gasteiger partial charge in [0.25, 0.3) is 0 Å². The van der Waals surface area contributed by atoms with E-state index in [9.17, 15) is 9.59 Å². The average molecular weight is 367 g/mol. The van der Waals surface area contributed by atoms with Crippen molar-refractivity contribution in [1.29, 1.82) is 0 Å². The van der Waals surface area contributed by atoms with Crippen LogP contribution in [0.4, 0.5) is 4.79 Å². The third-order valence-electron chi connectivity index (χ3n) is 5.47. The Morgan fingerprint density at radius 1 is 1.28 bits per heavy atom. The van der Waals surface area contributed by atoms with Crippen molar-refractivity contribution in [2.75, 3.05) is 12.3 Å². The van der Waals surface area contributed by atoms with Crippen molar-refractivity contribution >= 4 is 23.8 Å². The van der Waals surface area contributed by atoms with Crippen LogP contribution in [0.5, 0.6) is 0 Å². The van der Waals surface area contributed by atoms with Crippen LogP contribution < -0.4 is 10.6 Å². The van der Waals surface area contributed by atoms with Gasteiger partial charge in [-0.15, -0.1) is 0 Å². The molecule has 140 valence electrons. The highest BCUT2D eigenvalue weighted by molar-refractivity contribution is 8.00. The van der Waals surface area contributed by atoms with Crippen molar-refractivity contribution in [3.8, 4) is 0 Å². The maximum absolute atomic E-state index is 12.9. The minimum absolute atomic E-state index is 0.0637. The molecule has 2 fully saturated rings. The lowest BCUT2D eigenvalue weighted by Crippen LogP contribution is -2.59. The first-order valence-electron chi connectivity index (χ1n) is 9.24. The molecule has 1 saturated heterocycles. The number of rotatable bonds is 4. The molecule has 2 aliphatic carbocycles. The third kappa shape index (κ3) is 4.33. The number of fused-ring (bicyclic) bond motifs is 2. The van der Waals surface area contributed by atoms with Gasteiger partial charge in [-0.1, -0.05) is 25.5 Å². The first-order valence-corrected chi connectivity index (χ1v) is 10.3. The molecule has 0 aromatic heterocycles. The number of thioether (sulfide) groups is 1. The van der Waals surface area contributed by atoms with Crippen LogP contribution in [0.2, 0.25) is 0 Å². The van der Waals surface area contributed by atoms with Crippen molar-refractivity contribution in [2.24, 2.45) is 17.3 Å². The normalized spacial score (nSPS) is 32.6. The van der Waals surface area contributed by atoms with Crippen molar-refractivity contribution in [1.82, 2.24) is 10.6 Å². The molecule has 4 aliphatic rings. The zero-order valence-electron chi connectivity index (χ0n) is 15.6. The Balaban J connectivity index is 1.65. The van der Waals surface area contributed by atoms with Gasteiger partial charge in [0.1, 0.15) is 5.60 Å². The van der Waals surface area contributed by atoms with Gasteiger partial charge >= 0.3 is 6.09 Å². The van der Waals surface area contributed by atoms with Gasteiger partial charge < -0.3 is 15.4 Å². The summed E-state index contributed by atoms with van der Waals surface area (Å²) < 4.78 is 5.40. The Morgan fingerprint density at radius 2 is 2.00 bits per heavy atom. The first kappa shape index (κ1) is 18.6. The van der Waals surface area contributed by atoms with E-state index in [0.717, 1.165) is 12.3 Å². The molecule has 2 heterocycles. The SMILES string of the molecule is CC1(CNC(=O)[C@@H]2[C@H](NC(=O)OC(C)(C)C)[C@@H]3C=C[C@H]2CS3)CCC1. The van der Waals surface area contributed by atoms with Gasteiger partial charge in [-0.3, -0.25) is 4.79 Å². The summed E-state index contributed by atoms with van der Waals surface area (Å²) in [7, 11) is 0. The summed E-state index contributed by atoms with van der Waals surface area (Å²) in [4.78, 5) is 25.2. The van der Waals surface area contributed by atoms with Gasteiger partial charge in [0.05, 0.1) is 12.0 Å². The van der Waals surface area contributed by atoms with Gasteiger partial charge in [-0.25, -0.2) is 4.79 Å². The molecule has 4 atom stereocenters. The quantitative estimate of drug-likeness (QED) is 0.750. The number of alkyl carbamates (subject to hydrolysis) is 1. The van der Waals surface area contributed by atoms with Gasteiger partial charge in [0.2, 0.25) is 5.91 Å². The Kier molecular flexibility index (Phi) is 5.11. The Labute approximate surface area is 154 Å². The van der Waals surface area contributed by atoms with E-state index >= 15 is 0 Å². The van der Waals surface area contributed by atoms with Gasteiger partial charge in [-0.05, 0) is 44.9 Å². The summed E-state index contributed by atoms with van der Waals surface area (Å²) >= 11 is 1.80. The number of ether oxygens (including phenoxy) is 1. The minimum Gasteiger partial charge on any atom is -0.444 e. The molecule has 2 amide bonds. The van der Waals surface area contributed by atoms with E-state index in [1.54, 1.807) is 11.8 Å². The first-order chi connectivity index (χ1) is 11.7. The van der Waals surface area contributed by atoms with Crippen LogP contribution in [0.3, 0.4) is 0 Å². The fraction of sp³-hybridized carbons (Fsp3) is 0.789. The van der Waals surface area contributed by atoms with Gasteiger partial charge in [0, 0.05) is 17.5 Å². The van der Waals surface area contributed by atoms with Gasteiger partial charge in [0.15, 0.2) is 0 Å². The molecule has 2 aliphatic heterocycles. The van der Waals surface area contributed by atoms with Crippen LogP contribution in [0.15, 0.2) is 12.2 Å². The van der Waals surface area contributed by atoms with E-state index in [4.69, 9.17) is 4.74 Å². The van der Waals surface area contributed by atoms with E-state index in [0.29, 0.717) is 0 Å². The monoisotopic (exact) mass is 366 g/mol. The number of carbonyl (C=O) groups excluding carboxylic acids is 2. The molecular weight excluding hydrogens is 336 g/mol. The lowest BCUT2D eigenvalue weighted by Gasteiger charge is -2.44. The summed E-state index contributed by atoms with van der Waals surface area (Å²) in [5.41, 5.74) is -0.292. The molecule has 6 heteroatoms. The molecule has 4 rings (SSSR count). The van der Waals surface area contributed by atoms with Gasteiger partial charge in [-0.2, -0.15) is 11.8 Å². The van der Waals surface area contributed by atoms with E-state index < -0.39 is 11.7 Å². The third-order valence-corrected chi connectivity index (χ3v) is 6.88. The Hall–Kier alpha value is -1.17. The molecule has 25 heavy (non-hydrogen) atoms. The number of amides is 2. The van der Waals surface area contributed by atoms with Crippen LogP contribution in [-0.2, 0) is 9.53 Å². The highest BCUT2D eigenvalue weighted by atomic mass is 32.2. The maximum atomic E-state index is 12.9. The minimum atomic E-state index is -0.544. The average Bonchev–Trinajstić information content (AvgIpc) is 2.50. The zero-order valence-corrected chi connectivity index (χ0v) is 16.4. The topological polar surface area (TPSA) is 67.4 Å². The predicted molar refractivity (Wildman–Crippen MR) is 100 cm³/mol. The number of hydrogen-bond acceptors (Lipinski definition) is 4. The van der Waals surface area contributed by atoms with Crippen LogP contribution in [0, 0.1) is 17.3 Å². The summed E-state index contributed by atoms with van der Waals surface area (Å²) in [5, 5.41) is 6.26. The molecule has 0 aromatic rings. The Morgan fingerprint density at radius 3 is 2.52 bits per heavy atom. The van der Waals surface area contributed by atoms with Crippen molar-refractivity contribution < 1.29 is 14.3 Å². The van der Waals surface area contributed by atoms with E-state index in [1.807, 2.05) is 20.8 Å². The molecule has 0 spiro atoms. The summed E-state index contributed by atoms with van der Waals surface area (Å²) in [5.74, 6) is 0.952. The fourth-order valence-corrected chi connectivity index (χ4v) is 5.26. The molecule has 2 bridgehead atoms. The van der Waals surface area contributed by atoms with Crippen molar-refractivity contribution in [3.63, 3.8) is 0 Å². The van der Waals surface area contributed by atoms with Crippen LogP contribution in [-0.4, -0.2) is 41.2 Å². The highest BCUT2D eigenvalue weighted by Crippen LogP contribution is 2.42. The number of allylic oxidation sites excluding steroid dienone is 1. The predicted octanol–water partition coefficient (Wildman–Crippen LogP) is 3.10. The maximum Gasteiger partial charge on any atom is 0.407 e. The molecular formula is C19H30N2O3S. The standard InChI is InChI=1S/C19H30N2O3S/c1-18(2,3)24-17(23)21-15-13-7-6-12(10-25-13)14(15)16(22)20-11-19(4)8-5-9-19/h6-7,12-15H,5,8-11H2,1-4H3,(H,20,22)(H,21,23)/t12-,13-,14-,15+/m0/s1. The molecule has 0 radical (unpaired) electrons. The van der Waals surface area contributed by atoms with Crippen LogP contribution in [0.25, 0.3) is 0 Å². The molecule has 2 N–H and O–H groups in total. The zero-order chi connectivity index (χ0) is 18.2. The summed E-state index contributed by atoms with van der Waals surface area (Å²) in [6.07, 6.45) is 7.44. The number of carbonyl (C=O) groups is 2. The molecule has 0 unspecified atom stereocenters. The molecule has 5 nitrogen and oxygen atoms in total. The van der Waals surface area contributed by atoms with Crippen LogP contribution in [0.1, 0.15) is 47.0 Å². The smallest absolute Gasteiger partial charge is 0.407 e. The lowest BCUT2D eigenvalue weighted by molar-refractivity contribution is -0.128. The van der Waals surface area contributed by atoms with Crippen LogP contribution >= 0.6 is 11.8 Å². The number of nitrogens with one attached hydrogen (secondary N) is 2. The largest absolute Gasteiger partial charge is 0.444 e. The second-order valence-electron chi connectivity index (χ2n) is 8.93.